The van der Waals surface area contributed by atoms with Crippen LogP contribution in [0, 0.1) is 0 Å². The van der Waals surface area contributed by atoms with Gasteiger partial charge in [0.25, 0.3) is 0 Å². The lowest BCUT2D eigenvalue weighted by atomic mass is 10.0. The number of phenols is 1. The van der Waals surface area contributed by atoms with E-state index in [-0.39, 0.29) is 0 Å². The van der Waals surface area contributed by atoms with Gasteiger partial charge in [-0.2, -0.15) is 0 Å². The van der Waals surface area contributed by atoms with Gasteiger partial charge in [-0.1, -0.05) is 83.1 Å². The molecule has 0 aliphatic rings. The van der Waals surface area contributed by atoms with E-state index in [9.17, 15) is 5.11 Å². The standard InChI is InChI=1S/C22H32O2/c1-3-5-6-7-8-9-10-13-16-24-21-17-18(4-2)22(23)20-15-12-11-14-19(20)21/h11-12,14-15,17,23H,3-10,13,16H2,1-2H3. The number of unbranched alkanes of at least 4 members (excludes halogenated alkanes) is 7. The Morgan fingerprint density at radius 3 is 2.12 bits per heavy atom. The molecule has 2 rings (SSSR count). The van der Waals surface area contributed by atoms with Crippen LogP contribution in [0.15, 0.2) is 30.3 Å². The minimum absolute atomic E-state index is 0.396. The van der Waals surface area contributed by atoms with Gasteiger partial charge in [0.15, 0.2) is 0 Å². The predicted molar refractivity (Wildman–Crippen MR) is 103 cm³/mol. The van der Waals surface area contributed by atoms with Crippen molar-refractivity contribution in [2.75, 3.05) is 6.61 Å². The van der Waals surface area contributed by atoms with Crippen molar-refractivity contribution in [2.24, 2.45) is 0 Å². The second kappa shape index (κ2) is 10.2. The SMILES string of the molecule is CCCCCCCCCCOc1cc(CC)c(O)c2ccccc12. The van der Waals surface area contributed by atoms with Crippen LogP contribution in [0.25, 0.3) is 10.8 Å². The zero-order valence-electron chi connectivity index (χ0n) is 15.3. The molecule has 0 spiro atoms. The van der Waals surface area contributed by atoms with Crippen LogP contribution >= 0.6 is 0 Å². The first-order chi connectivity index (χ1) is 11.8. The monoisotopic (exact) mass is 328 g/mol. The van der Waals surface area contributed by atoms with E-state index in [1.54, 1.807) is 0 Å². The topological polar surface area (TPSA) is 29.5 Å². The average molecular weight is 328 g/mol. The number of hydrogen-bond acceptors (Lipinski definition) is 2. The fourth-order valence-corrected chi connectivity index (χ4v) is 3.19. The highest BCUT2D eigenvalue weighted by atomic mass is 16.5. The van der Waals surface area contributed by atoms with Crippen molar-refractivity contribution in [1.29, 1.82) is 0 Å². The van der Waals surface area contributed by atoms with Crippen molar-refractivity contribution in [2.45, 2.75) is 71.6 Å². The molecular formula is C22H32O2. The summed E-state index contributed by atoms with van der Waals surface area (Å²) in [5.74, 6) is 1.30. The molecule has 1 N–H and O–H groups in total. The van der Waals surface area contributed by atoms with E-state index in [1.807, 2.05) is 30.3 Å². The quantitative estimate of drug-likeness (QED) is 0.469. The second-order valence-corrected chi connectivity index (χ2v) is 6.60. The van der Waals surface area contributed by atoms with Crippen molar-refractivity contribution in [3.05, 3.63) is 35.9 Å². The number of fused-ring (bicyclic) bond motifs is 1. The van der Waals surface area contributed by atoms with E-state index in [4.69, 9.17) is 4.74 Å². The fourth-order valence-electron chi connectivity index (χ4n) is 3.19. The van der Waals surface area contributed by atoms with Gasteiger partial charge in [0.1, 0.15) is 11.5 Å². The zero-order chi connectivity index (χ0) is 17.2. The van der Waals surface area contributed by atoms with Gasteiger partial charge in [-0.15, -0.1) is 0 Å². The van der Waals surface area contributed by atoms with Crippen LogP contribution in [0.4, 0.5) is 0 Å². The van der Waals surface area contributed by atoms with Crippen molar-refractivity contribution in [3.63, 3.8) is 0 Å². The van der Waals surface area contributed by atoms with Gasteiger partial charge in [-0.25, -0.2) is 0 Å². The van der Waals surface area contributed by atoms with Gasteiger partial charge in [-0.3, -0.25) is 0 Å². The molecule has 2 heteroatoms. The Kier molecular flexibility index (Phi) is 7.94. The van der Waals surface area contributed by atoms with E-state index in [0.717, 1.165) is 41.5 Å². The first kappa shape index (κ1) is 18.6. The summed E-state index contributed by atoms with van der Waals surface area (Å²) in [6.07, 6.45) is 11.2. The molecule has 132 valence electrons. The minimum Gasteiger partial charge on any atom is -0.507 e. The largest absolute Gasteiger partial charge is 0.507 e. The van der Waals surface area contributed by atoms with E-state index < -0.39 is 0 Å². The van der Waals surface area contributed by atoms with E-state index >= 15 is 0 Å². The number of aryl methyl sites for hydroxylation is 1. The number of phenolic OH excluding ortho intramolecular Hbond substituents is 1. The molecule has 2 nitrogen and oxygen atoms in total. The molecule has 0 unspecified atom stereocenters. The number of hydrogen-bond donors (Lipinski definition) is 1. The van der Waals surface area contributed by atoms with Gasteiger partial charge >= 0.3 is 0 Å². The molecule has 0 atom stereocenters. The van der Waals surface area contributed by atoms with Crippen LogP contribution in [-0.4, -0.2) is 11.7 Å². The van der Waals surface area contributed by atoms with Gasteiger partial charge in [0.2, 0.25) is 0 Å². The highest BCUT2D eigenvalue weighted by Gasteiger charge is 2.10. The molecule has 2 aromatic rings. The molecule has 0 saturated carbocycles. The summed E-state index contributed by atoms with van der Waals surface area (Å²) in [4.78, 5) is 0. The van der Waals surface area contributed by atoms with Crippen molar-refractivity contribution in [1.82, 2.24) is 0 Å². The van der Waals surface area contributed by atoms with Crippen LogP contribution in [0.1, 0.15) is 70.8 Å². The third kappa shape index (κ3) is 5.15. The van der Waals surface area contributed by atoms with Crippen LogP contribution in [0.2, 0.25) is 0 Å². The van der Waals surface area contributed by atoms with Gasteiger partial charge in [0.05, 0.1) is 6.61 Å². The third-order valence-electron chi connectivity index (χ3n) is 4.69. The highest BCUT2D eigenvalue weighted by molar-refractivity contribution is 5.94. The molecule has 0 aliphatic carbocycles. The number of rotatable bonds is 11. The summed E-state index contributed by atoms with van der Waals surface area (Å²) < 4.78 is 6.05. The molecule has 2 aromatic carbocycles. The van der Waals surface area contributed by atoms with E-state index in [0.29, 0.717) is 5.75 Å². The van der Waals surface area contributed by atoms with Crippen LogP contribution in [-0.2, 0) is 6.42 Å². The Morgan fingerprint density at radius 2 is 1.46 bits per heavy atom. The first-order valence-electron chi connectivity index (χ1n) is 9.64. The van der Waals surface area contributed by atoms with Gasteiger partial charge in [-0.05, 0) is 24.5 Å². The molecule has 0 amide bonds. The van der Waals surface area contributed by atoms with Crippen molar-refractivity contribution >= 4 is 10.8 Å². The maximum atomic E-state index is 10.3. The maximum absolute atomic E-state index is 10.3. The highest BCUT2D eigenvalue weighted by Crippen LogP contribution is 2.36. The van der Waals surface area contributed by atoms with Gasteiger partial charge < -0.3 is 9.84 Å². The fraction of sp³-hybridized carbons (Fsp3) is 0.545. The Bertz CT molecular complexity index is 619. The molecule has 0 radical (unpaired) electrons. The maximum Gasteiger partial charge on any atom is 0.127 e. The summed E-state index contributed by atoms with van der Waals surface area (Å²) in [6.45, 7) is 5.08. The van der Waals surface area contributed by atoms with Crippen LogP contribution in [0.5, 0.6) is 11.5 Å². The summed E-state index contributed by atoms with van der Waals surface area (Å²) in [7, 11) is 0. The zero-order valence-corrected chi connectivity index (χ0v) is 15.3. The summed E-state index contributed by atoms with van der Waals surface area (Å²) in [5.41, 5.74) is 0.958. The molecule has 0 aromatic heterocycles. The van der Waals surface area contributed by atoms with E-state index in [2.05, 4.69) is 13.8 Å². The first-order valence-corrected chi connectivity index (χ1v) is 9.64. The Labute approximate surface area is 146 Å². The van der Waals surface area contributed by atoms with Crippen molar-refractivity contribution < 1.29 is 9.84 Å². The molecule has 0 heterocycles. The third-order valence-corrected chi connectivity index (χ3v) is 4.69. The predicted octanol–water partition coefficient (Wildman–Crippen LogP) is 6.63. The lowest BCUT2D eigenvalue weighted by Gasteiger charge is -2.13. The average Bonchev–Trinajstić information content (AvgIpc) is 2.62. The molecule has 0 fully saturated rings. The molecular weight excluding hydrogens is 296 g/mol. The summed E-state index contributed by atoms with van der Waals surface area (Å²) in [6, 6.07) is 9.95. The second-order valence-electron chi connectivity index (χ2n) is 6.60. The Morgan fingerprint density at radius 1 is 0.833 bits per heavy atom. The van der Waals surface area contributed by atoms with Crippen LogP contribution in [0.3, 0.4) is 0 Å². The lowest BCUT2D eigenvalue weighted by molar-refractivity contribution is 0.307. The molecule has 24 heavy (non-hydrogen) atoms. The molecule has 0 aliphatic heterocycles. The molecule has 0 saturated heterocycles. The number of benzene rings is 2. The normalized spacial score (nSPS) is 11.1. The Balaban J connectivity index is 1.83. The smallest absolute Gasteiger partial charge is 0.127 e. The van der Waals surface area contributed by atoms with Crippen molar-refractivity contribution in [3.8, 4) is 11.5 Å². The Hall–Kier alpha value is -1.70. The molecule has 0 bridgehead atoms. The van der Waals surface area contributed by atoms with Crippen LogP contribution < -0.4 is 4.74 Å². The van der Waals surface area contributed by atoms with Gasteiger partial charge in [0, 0.05) is 10.8 Å². The minimum atomic E-state index is 0.396. The lowest BCUT2D eigenvalue weighted by Crippen LogP contribution is -1.99. The summed E-state index contributed by atoms with van der Waals surface area (Å²) in [5, 5.41) is 12.2. The number of ether oxygens (including phenoxy) is 1. The number of aromatic hydroxyl groups is 1. The summed E-state index contributed by atoms with van der Waals surface area (Å²) >= 11 is 0. The van der Waals surface area contributed by atoms with E-state index in [1.165, 1.54) is 44.9 Å².